The van der Waals surface area contributed by atoms with Crippen molar-refractivity contribution in [1.29, 1.82) is 0 Å². The number of nitrogens with two attached hydrogens (primary N) is 1. The number of esters is 1. The molecule has 1 saturated heterocycles. The molecule has 0 saturated carbocycles. The van der Waals surface area contributed by atoms with Crippen LogP contribution in [0, 0.1) is 5.92 Å². The van der Waals surface area contributed by atoms with Gasteiger partial charge in [0.1, 0.15) is 11.5 Å². The molecule has 31 heavy (non-hydrogen) atoms. The first-order valence-electron chi connectivity index (χ1n) is 10.9. The molecule has 2 aromatic rings. The lowest BCUT2D eigenvalue weighted by Gasteiger charge is -2.56. The highest BCUT2D eigenvalue weighted by Crippen LogP contribution is 2.62. The minimum Gasteiger partial charge on any atom is -0.481 e. The molecule has 6 rings (SSSR count). The van der Waals surface area contributed by atoms with Gasteiger partial charge >= 0.3 is 5.97 Å². The molecule has 0 amide bonds. The molecule has 0 aromatic heterocycles. The first-order valence-corrected chi connectivity index (χ1v) is 10.9. The van der Waals surface area contributed by atoms with E-state index in [9.17, 15) is 9.90 Å². The second kappa shape index (κ2) is 6.58. The van der Waals surface area contributed by atoms with Crippen molar-refractivity contribution in [3.8, 4) is 5.75 Å². The van der Waals surface area contributed by atoms with Gasteiger partial charge < -0.3 is 25.2 Å². The zero-order chi connectivity index (χ0) is 21.3. The Kier molecular flexibility index (Phi) is 4.01. The number of carbonyl (C=O) groups is 1. The van der Waals surface area contributed by atoms with Gasteiger partial charge in [-0.25, -0.2) is 4.79 Å². The molecule has 160 valence electrons. The van der Waals surface area contributed by atoms with E-state index in [0.29, 0.717) is 29.0 Å². The number of piperidine rings is 1. The van der Waals surface area contributed by atoms with Crippen molar-refractivity contribution in [2.75, 3.05) is 19.3 Å². The summed E-state index contributed by atoms with van der Waals surface area (Å²) in [7, 11) is 2.20. The summed E-state index contributed by atoms with van der Waals surface area (Å²) in [5, 5.41) is 9.96. The standard InChI is InChI=1S/C25H26N2O4/c1-27-11-10-25-17-8-9-20(30-24(29)16-4-2-3-5-18(16)26)23(25)31-22-15(13-28)7-6-14(21(22)25)12-19(17)27/h2-7,9,17,19,23,28H,8,10-13,26H2,1H3. The van der Waals surface area contributed by atoms with Gasteiger partial charge in [-0.15, -0.1) is 0 Å². The van der Waals surface area contributed by atoms with Gasteiger partial charge in [0.05, 0.1) is 12.2 Å². The third kappa shape index (κ3) is 2.43. The van der Waals surface area contributed by atoms with E-state index < -0.39 is 5.97 Å². The molecular formula is C25H26N2O4. The molecular weight excluding hydrogens is 392 g/mol. The van der Waals surface area contributed by atoms with Gasteiger partial charge in [-0.2, -0.15) is 0 Å². The summed E-state index contributed by atoms with van der Waals surface area (Å²) in [6.07, 6.45) is 4.43. The number of nitrogens with zero attached hydrogens (tertiary/aromatic N) is 1. The molecule has 4 atom stereocenters. The van der Waals surface area contributed by atoms with Crippen molar-refractivity contribution in [2.24, 2.45) is 5.92 Å². The second-order valence-corrected chi connectivity index (χ2v) is 9.21. The molecule has 2 heterocycles. The minimum atomic E-state index is -0.457. The number of carbonyl (C=O) groups excluding carboxylic acids is 1. The van der Waals surface area contributed by atoms with Gasteiger partial charge in [0.15, 0.2) is 6.10 Å². The van der Waals surface area contributed by atoms with Crippen LogP contribution in [0.25, 0.3) is 0 Å². The zero-order valence-corrected chi connectivity index (χ0v) is 17.5. The van der Waals surface area contributed by atoms with Crippen LogP contribution in [0.5, 0.6) is 5.75 Å². The molecule has 3 N–H and O–H groups in total. The van der Waals surface area contributed by atoms with Crippen molar-refractivity contribution in [2.45, 2.75) is 43.4 Å². The highest BCUT2D eigenvalue weighted by Gasteiger charge is 2.64. The molecule has 2 bridgehead atoms. The van der Waals surface area contributed by atoms with E-state index in [2.05, 4.69) is 18.0 Å². The number of likely N-dealkylation sites (tertiary alicyclic amines) is 1. The highest BCUT2D eigenvalue weighted by molar-refractivity contribution is 5.95. The van der Waals surface area contributed by atoms with Crippen LogP contribution in [0.2, 0.25) is 0 Å². The molecule has 1 fully saturated rings. The third-order valence-electron chi connectivity index (χ3n) is 7.89. The fraction of sp³-hybridized carbons (Fsp3) is 0.400. The van der Waals surface area contributed by atoms with Crippen molar-refractivity contribution < 1.29 is 19.4 Å². The average Bonchev–Trinajstić information content (AvgIpc) is 3.12. The molecule has 4 aliphatic rings. The lowest BCUT2D eigenvalue weighted by atomic mass is 9.53. The minimum absolute atomic E-state index is 0.0706. The van der Waals surface area contributed by atoms with Gasteiger partial charge in [0.2, 0.25) is 0 Å². The van der Waals surface area contributed by atoms with E-state index in [1.165, 1.54) is 11.1 Å². The lowest BCUT2D eigenvalue weighted by molar-refractivity contribution is -0.0271. The smallest absolute Gasteiger partial charge is 0.345 e. The molecule has 1 spiro atoms. The lowest BCUT2D eigenvalue weighted by Crippen LogP contribution is -2.63. The molecule has 4 unspecified atom stereocenters. The average molecular weight is 418 g/mol. The Morgan fingerprint density at radius 3 is 2.97 bits per heavy atom. The summed E-state index contributed by atoms with van der Waals surface area (Å²) in [4.78, 5) is 15.4. The fourth-order valence-corrected chi connectivity index (χ4v) is 6.45. The number of allylic oxidation sites excluding steroid dienone is 1. The van der Waals surface area contributed by atoms with Gasteiger partial charge in [-0.3, -0.25) is 0 Å². The van der Waals surface area contributed by atoms with Crippen LogP contribution in [-0.2, 0) is 23.2 Å². The number of rotatable bonds is 3. The summed E-state index contributed by atoms with van der Waals surface area (Å²) in [5.74, 6) is 1.30. The Labute approximate surface area is 181 Å². The molecule has 6 nitrogen and oxygen atoms in total. The summed E-state index contributed by atoms with van der Waals surface area (Å²) in [6, 6.07) is 11.5. The summed E-state index contributed by atoms with van der Waals surface area (Å²) < 4.78 is 12.5. The summed E-state index contributed by atoms with van der Waals surface area (Å²) in [5.41, 5.74) is 9.87. The maximum absolute atomic E-state index is 13.0. The second-order valence-electron chi connectivity index (χ2n) is 9.21. The number of hydrogen-bond acceptors (Lipinski definition) is 6. The molecule has 2 aliphatic carbocycles. The normalized spacial score (nSPS) is 30.3. The quantitative estimate of drug-likeness (QED) is 0.589. The van der Waals surface area contributed by atoms with Crippen molar-refractivity contribution in [3.05, 3.63) is 70.5 Å². The Balaban J connectivity index is 1.45. The van der Waals surface area contributed by atoms with E-state index in [0.717, 1.165) is 37.1 Å². The summed E-state index contributed by atoms with van der Waals surface area (Å²) >= 11 is 0. The van der Waals surface area contributed by atoms with E-state index >= 15 is 0 Å². The zero-order valence-electron chi connectivity index (χ0n) is 17.5. The number of aliphatic hydroxyl groups is 1. The monoisotopic (exact) mass is 418 g/mol. The number of hydrogen-bond donors (Lipinski definition) is 2. The van der Waals surface area contributed by atoms with E-state index in [4.69, 9.17) is 15.2 Å². The Hall–Kier alpha value is -2.83. The van der Waals surface area contributed by atoms with Crippen molar-refractivity contribution in [1.82, 2.24) is 4.90 Å². The Morgan fingerprint density at radius 2 is 2.16 bits per heavy atom. The predicted molar refractivity (Wildman–Crippen MR) is 116 cm³/mol. The maximum Gasteiger partial charge on any atom is 0.345 e. The largest absolute Gasteiger partial charge is 0.481 e. The van der Waals surface area contributed by atoms with Gasteiger partial charge in [-0.05, 0) is 62.5 Å². The highest BCUT2D eigenvalue weighted by atomic mass is 16.6. The third-order valence-corrected chi connectivity index (χ3v) is 7.89. The van der Waals surface area contributed by atoms with Crippen molar-refractivity contribution >= 4 is 11.7 Å². The van der Waals surface area contributed by atoms with E-state index in [1.807, 2.05) is 12.1 Å². The van der Waals surface area contributed by atoms with E-state index in [1.54, 1.807) is 24.3 Å². The first-order chi connectivity index (χ1) is 15.0. The number of nitrogen functional groups attached to an aromatic ring is 1. The number of likely N-dealkylation sites (N-methyl/N-ethyl adjacent to an activating group) is 1. The Morgan fingerprint density at radius 1 is 1.32 bits per heavy atom. The molecule has 0 radical (unpaired) electrons. The van der Waals surface area contributed by atoms with Crippen LogP contribution in [0.3, 0.4) is 0 Å². The van der Waals surface area contributed by atoms with Crippen LogP contribution in [0.15, 0.2) is 48.2 Å². The topological polar surface area (TPSA) is 85.0 Å². The van der Waals surface area contributed by atoms with Crippen LogP contribution in [0.4, 0.5) is 5.69 Å². The maximum atomic E-state index is 13.0. The predicted octanol–water partition coefficient (Wildman–Crippen LogP) is 2.78. The van der Waals surface area contributed by atoms with Gasteiger partial charge in [0, 0.05) is 28.3 Å². The van der Waals surface area contributed by atoms with Crippen LogP contribution in [0.1, 0.15) is 39.9 Å². The fourth-order valence-electron chi connectivity index (χ4n) is 6.45. The number of para-hydroxylation sites is 1. The number of ether oxygens (including phenoxy) is 2. The molecule has 6 heteroatoms. The SMILES string of the molecule is CN1CCC23c4c5ccc(CO)c4OC2C(OC(=O)c2ccccc2N)=CCC3C1C5. The number of anilines is 1. The van der Waals surface area contributed by atoms with Gasteiger partial charge in [0.25, 0.3) is 0 Å². The molecule has 2 aliphatic heterocycles. The van der Waals surface area contributed by atoms with Crippen molar-refractivity contribution in [3.63, 3.8) is 0 Å². The number of aliphatic hydroxyl groups excluding tert-OH is 1. The number of benzene rings is 2. The van der Waals surface area contributed by atoms with Crippen LogP contribution < -0.4 is 10.5 Å². The Bertz CT molecular complexity index is 1130. The van der Waals surface area contributed by atoms with Crippen LogP contribution in [-0.4, -0.2) is 41.7 Å². The van der Waals surface area contributed by atoms with Gasteiger partial charge in [-0.1, -0.05) is 24.3 Å². The first kappa shape index (κ1) is 18.9. The molecule has 2 aromatic carbocycles. The van der Waals surface area contributed by atoms with E-state index in [-0.39, 0.29) is 18.1 Å². The summed E-state index contributed by atoms with van der Waals surface area (Å²) in [6.45, 7) is 0.898. The van der Waals surface area contributed by atoms with Crippen LogP contribution >= 0.6 is 0 Å².